The first kappa shape index (κ1) is 10.6. The first-order valence-corrected chi connectivity index (χ1v) is 5.35. The largest absolute Gasteiger partial charge is 0.459 e. The molecule has 2 rings (SSSR count). The van der Waals surface area contributed by atoms with Crippen molar-refractivity contribution >= 4 is 5.97 Å². The Kier molecular flexibility index (Phi) is 2.56. The van der Waals surface area contributed by atoms with Crippen molar-refractivity contribution in [1.82, 2.24) is 10.6 Å². The Morgan fingerprint density at radius 3 is 2.73 bits per heavy atom. The van der Waals surface area contributed by atoms with E-state index < -0.39 is 5.60 Å². The molecule has 84 valence electrons. The van der Waals surface area contributed by atoms with Crippen molar-refractivity contribution in [1.29, 1.82) is 0 Å². The molecule has 0 fully saturated rings. The van der Waals surface area contributed by atoms with Crippen molar-refractivity contribution in [3.05, 3.63) is 11.1 Å². The van der Waals surface area contributed by atoms with E-state index in [0.29, 0.717) is 0 Å². The summed E-state index contributed by atoms with van der Waals surface area (Å²) in [7, 11) is 0. The summed E-state index contributed by atoms with van der Waals surface area (Å²) >= 11 is 0. The van der Waals surface area contributed by atoms with Crippen LogP contribution < -0.4 is 10.6 Å². The Labute approximate surface area is 90.1 Å². The molecule has 4 nitrogen and oxygen atoms in total. The molecule has 0 spiro atoms. The minimum absolute atomic E-state index is 0.156. The maximum Gasteiger partial charge on any atom is 0.328 e. The average Bonchev–Trinajstić information content (AvgIpc) is 2.57. The van der Waals surface area contributed by atoms with Crippen molar-refractivity contribution in [3.8, 4) is 0 Å². The third-order valence-corrected chi connectivity index (χ3v) is 2.62. The molecule has 2 heterocycles. The lowest BCUT2D eigenvalue weighted by Gasteiger charge is -2.23. The van der Waals surface area contributed by atoms with E-state index in [1.165, 1.54) is 11.1 Å². The highest BCUT2D eigenvalue weighted by atomic mass is 16.6. The van der Waals surface area contributed by atoms with Gasteiger partial charge in [-0.15, -0.1) is 0 Å². The number of carbonyl (C=O) groups is 1. The molecule has 2 aliphatic rings. The van der Waals surface area contributed by atoms with E-state index in [-0.39, 0.29) is 12.0 Å². The van der Waals surface area contributed by atoms with Gasteiger partial charge < -0.3 is 10.1 Å². The Bertz CT molecular complexity index is 315. The van der Waals surface area contributed by atoms with E-state index in [1.54, 1.807) is 0 Å². The van der Waals surface area contributed by atoms with Crippen molar-refractivity contribution in [2.24, 2.45) is 0 Å². The van der Waals surface area contributed by atoms with Gasteiger partial charge >= 0.3 is 5.97 Å². The van der Waals surface area contributed by atoms with Crippen LogP contribution in [0.3, 0.4) is 0 Å². The number of carbonyl (C=O) groups excluding carboxylic acids is 1. The first-order valence-electron chi connectivity index (χ1n) is 5.35. The monoisotopic (exact) mass is 210 g/mol. The predicted octanol–water partition coefficient (Wildman–Crippen LogP) is 0.200. The molecular weight excluding hydrogens is 192 g/mol. The molecule has 0 aliphatic carbocycles. The van der Waals surface area contributed by atoms with Crippen LogP contribution in [0.2, 0.25) is 0 Å². The van der Waals surface area contributed by atoms with Crippen LogP contribution in [-0.2, 0) is 9.53 Å². The zero-order valence-corrected chi connectivity index (χ0v) is 9.52. The molecular formula is C11H18N2O2. The zero-order valence-electron chi connectivity index (χ0n) is 9.52. The summed E-state index contributed by atoms with van der Waals surface area (Å²) in [6, 6.07) is -0.228. The summed E-state index contributed by atoms with van der Waals surface area (Å²) in [6.07, 6.45) is 0. The van der Waals surface area contributed by atoms with Crippen LogP contribution in [-0.4, -0.2) is 37.2 Å². The van der Waals surface area contributed by atoms with Gasteiger partial charge in [-0.05, 0) is 31.9 Å². The maximum absolute atomic E-state index is 11.9. The van der Waals surface area contributed by atoms with E-state index in [1.807, 2.05) is 20.8 Å². The lowest BCUT2D eigenvalue weighted by molar-refractivity contribution is -0.156. The number of rotatable bonds is 1. The fraction of sp³-hybridized carbons (Fsp3) is 0.727. The Hall–Kier alpha value is -0.870. The molecule has 0 aromatic heterocycles. The van der Waals surface area contributed by atoms with Crippen molar-refractivity contribution in [3.63, 3.8) is 0 Å². The predicted molar refractivity (Wildman–Crippen MR) is 57.5 cm³/mol. The third-order valence-electron chi connectivity index (χ3n) is 2.62. The summed E-state index contributed by atoms with van der Waals surface area (Å²) in [6.45, 7) is 8.20. The minimum Gasteiger partial charge on any atom is -0.459 e. The van der Waals surface area contributed by atoms with Gasteiger partial charge in [-0.25, -0.2) is 4.79 Å². The minimum atomic E-state index is -0.409. The Morgan fingerprint density at radius 2 is 2.07 bits per heavy atom. The van der Waals surface area contributed by atoms with Gasteiger partial charge in [0.1, 0.15) is 11.6 Å². The molecule has 2 aliphatic heterocycles. The van der Waals surface area contributed by atoms with E-state index in [2.05, 4.69) is 10.6 Å². The molecule has 1 atom stereocenters. The van der Waals surface area contributed by atoms with Gasteiger partial charge in [0, 0.05) is 19.6 Å². The number of ether oxygens (including phenoxy) is 1. The quantitative estimate of drug-likeness (QED) is 0.479. The standard InChI is InChI=1S/C11H18N2O2/c1-11(2,3)15-10(14)9-8-6-12-4-7(8)5-13-9/h9,12-13H,4-6H2,1-3H3. The van der Waals surface area contributed by atoms with Crippen LogP contribution in [0.25, 0.3) is 0 Å². The fourth-order valence-electron chi connectivity index (χ4n) is 2.00. The van der Waals surface area contributed by atoms with Gasteiger partial charge in [0.25, 0.3) is 0 Å². The van der Waals surface area contributed by atoms with E-state index in [0.717, 1.165) is 19.6 Å². The van der Waals surface area contributed by atoms with Gasteiger partial charge in [-0.1, -0.05) is 0 Å². The second-order valence-electron chi connectivity index (χ2n) is 5.08. The molecule has 15 heavy (non-hydrogen) atoms. The number of hydrogen-bond donors (Lipinski definition) is 2. The number of hydrogen-bond acceptors (Lipinski definition) is 4. The van der Waals surface area contributed by atoms with E-state index in [9.17, 15) is 4.79 Å². The van der Waals surface area contributed by atoms with Crippen LogP contribution in [0.5, 0.6) is 0 Å². The molecule has 1 unspecified atom stereocenters. The van der Waals surface area contributed by atoms with Gasteiger partial charge in [0.15, 0.2) is 0 Å². The Morgan fingerprint density at radius 1 is 1.33 bits per heavy atom. The van der Waals surface area contributed by atoms with Crippen molar-refractivity contribution in [2.45, 2.75) is 32.4 Å². The Balaban J connectivity index is 2.03. The molecule has 0 amide bonds. The molecule has 0 aromatic rings. The smallest absolute Gasteiger partial charge is 0.328 e. The maximum atomic E-state index is 11.9. The van der Waals surface area contributed by atoms with Gasteiger partial charge in [0.05, 0.1) is 0 Å². The fourth-order valence-corrected chi connectivity index (χ4v) is 2.00. The topological polar surface area (TPSA) is 50.4 Å². The first-order chi connectivity index (χ1) is 6.97. The second-order valence-corrected chi connectivity index (χ2v) is 5.08. The van der Waals surface area contributed by atoms with Crippen LogP contribution >= 0.6 is 0 Å². The van der Waals surface area contributed by atoms with Gasteiger partial charge in [-0.2, -0.15) is 0 Å². The van der Waals surface area contributed by atoms with Crippen molar-refractivity contribution in [2.75, 3.05) is 19.6 Å². The highest BCUT2D eigenvalue weighted by molar-refractivity contribution is 5.81. The average molecular weight is 210 g/mol. The van der Waals surface area contributed by atoms with Crippen molar-refractivity contribution < 1.29 is 9.53 Å². The summed E-state index contributed by atoms with van der Waals surface area (Å²) in [5.41, 5.74) is 2.10. The summed E-state index contributed by atoms with van der Waals surface area (Å²) in [5.74, 6) is -0.156. The molecule has 4 heteroatoms. The molecule has 0 aromatic carbocycles. The van der Waals surface area contributed by atoms with E-state index in [4.69, 9.17) is 4.74 Å². The highest BCUT2D eigenvalue weighted by Gasteiger charge is 2.35. The SMILES string of the molecule is CC(C)(C)OC(=O)C1NCC2=C1CNC2. The normalized spacial score (nSPS) is 25.7. The lowest BCUT2D eigenvalue weighted by atomic mass is 10.1. The summed E-state index contributed by atoms with van der Waals surface area (Å²) < 4.78 is 5.37. The molecule has 0 radical (unpaired) electrons. The van der Waals surface area contributed by atoms with E-state index >= 15 is 0 Å². The molecule has 0 saturated heterocycles. The molecule has 0 bridgehead atoms. The lowest BCUT2D eigenvalue weighted by Crippen LogP contribution is -2.41. The van der Waals surface area contributed by atoms with Gasteiger partial charge in [0.2, 0.25) is 0 Å². The highest BCUT2D eigenvalue weighted by Crippen LogP contribution is 2.21. The number of esters is 1. The third kappa shape index (κ3) is 2.21. The number of nitrogens with one attached hydrogen (secondary N) is 2. The van der Waals surface area contributed by atoms with Crippen LogP contribution in [0.1, 0.15) is 20.8 Å². The summed E-state index contributed by atoms with van der Waals surface area (Å²) in [4.78, 5) is 11.9. The van der Waals surface area contributed by atoms with Crippen LogP contribution in [0, 0.1) is 0 Å². The second kappa shape index (κ2) is 3.61. The van der Waals surface area contributed by atoms with Gasteiger partial charge in [-0.3, -0.25) is 5.32 Å². The van der Waals surface area contributed by atoms with Crippen LogP contribution in [0.4, 0.5) is 0 Å². The zero-order chi connectivity index (χ0) is 11.1. The molecule has 0 saturated carbocycles. The summed E-state index contributed by atoms with van der Waals surface area (Å²) in [5, 5.41) is 6.44. The molecule has 2 N–H and O–H groups in total. The van der Waals surface area contributed by atoms with Crippen LogP contribution in [0.15, 0.2) is 11.1 Å².